The minimum atomic E-state index is -0.255. The van der Waals surface area contributed by atoms with E-state index >= 15 is 0 Å². The lowest BCUT2D eigenvalue weighted by atomic mass is 9.94. The molecule has 0 fully saturated rings. The molecular formula is C25H21ClN4OS2. The van der Waals surface area contributed by atoms with Crippen molar-refractivity contribution in [1.29, 1.82) is 0 Å². The summed E-state index contributed by atoms with van der Waals surface area (Å²) in [5, 5.41) is 11.0. The van der Waals surface area contributed by atoms with Crippen LogP contribution in [0.25, 0.3) is 16.3 Å². The van der Waals surface area contributed by atoms with Crippen molar-refractivity contribution in [3.05, 3.63) is 93.3 Å². The summed E-state index contributed by atoms with van der Waals surface area (Å²) in [6, 6.07) is 17.7. The number of nitrogens with zero attached hydrogens (tertiary/aromatic N) is 3. The van der Waals surface area contributed by atoms with Crippen molar-refractivity contribution >= 4 is 51.5 Å². The number of halogens is 1. The number of allylic oxidation sites excluding steroid dienone is 1. The van der Waals surface area contributed by atoms with Gasteiger partial charge in [-0.2, -0.15) is 4.98 Å². The summed E-state index contributed by atoms with van der Waals surface area (Å²) in [5.41, 5.74) is 6.22. The van der Waals surface area contributed by atoms with E-state index in [1.807, 2.05) is 53.6 Å². The van der Waals surface area contributed by atoms with Crippen LogP contribution < -0.4 is 10.2 Å². The molecule has 0 aliphatic carbocycles. The number of nitrogens with one attached hydrogen (secondary N) is 1. The fourth-order valence-corrected chi connectivity index (χ4v) is 5.08. The summed E-state index contributed by atoms with van der Waals surface area (Å²) < 4.78 is 5.79. The van der Waals surface area contributed by atoms with E-state index in [2.05, 4.69) is 42.5 Å². The third kappa shape index (κ3) is 4.08. The number of aryl methyl sites for hydroxylation is 2. The average molecular weight is 493 g/mol. The second-order valence-corrected chi connectivity index (χ2v) is 9.71. The number of aromatic nitrogens is 2. The Kier molecular flexibility index (Phi) is 5.78. The first-order chi connectivity index (χ1) is 15.9. The Hall–Kier alpha value is -3.00. The van der Waals surface area contributed by atoms with Gasteiger partial charge in [0, 0.05) is 16.4 Å². The van der Waals surface area contributed by atoms with Gasteiger partial charge >= 0.3 is 0 Å². The highest BCUT2D eigenvalue weighted by molar-refractivity contribution is 7.80. The van der Waals surface area contributed by atoms with Crippen molar-refractivity contribution in [2.75, 3.05) is 4.90 Å². The molecule has 2 aromatic carbocycles. The normalized spacial score (nSPS) is 16.3. The van der Waals surface area contributed by atoms with Gasteiger partial charge in [0.25, 0.3) is 5.89 Å². The van der Waals surface area contributed by atoms with Gasteiger partial charge in [-0.25, -0.2) is 0 Å². The molecule has 5 rings (SSSR count). The first-order valence-corrected chi connectivity index (χ1v) is 12.1. The number of hydrogen-bond donors (Lipinski definition) is 1. The Labute approximate surface area is 206 Å². The van der Waals surface area contributed by atoms with E-state index in [9.17, 15) is 0 Å². The molecule has 8 heteroatoms. The molecular weight excluding hydrogens is 472 g/mol. The molecule has 2 aromatic heterocycles. The van der Waals surface area contributed by atoms with Crippen LogP contribution >= 0.6 is 35.2 Å². The number of thiophene rings is 1. The molecule has 5 nitrogen and oxygen atoms in total. The number of hydrogen-bond acceptors (Lipinski definition) is 5. The van der Waals surface area contributed by atoms with Crippen LogP contribution in [-0.4, -0.2) is 15.3 Å². The maximum Gasteiger partial charge on any atom is 0.258 e. The number of rotatable bonds is 4. The Morgan fingerprint density at radius 2 is 1.85 bits per heavy atom. The van der Waals surface area contributed by atoms with Crippen molar-refractivity contribution in [3.63, 3.8) is 0 Å². The van der Waals surface area contributed by atoms with Gasteiger partial charge in [-0.15, -0.1) is 11.3 Å². The Morgan fingerprint density at radius 1 is 1.06 bits per heavy atom. The highest BCUT2D eigenvalue weighted by atomic mass is 35.5. The van der Waals surface area contributed by atoms with Gasteiger partial charge in [-0.3, -0.25) is 4.90 Å². The van der Waals surface area contributed by atoms with Crippen LogP contribution in [0.5, 0.6) is 0 Å². The Balaban J connectivity index is 1.67. The van der Waals surface area contributed by atoms with Gasteiger partial charge in [-0.1, -0.05) is 41.0 Å². The van der Waals surface area contributed by atoms with Crippen LogP contribution in [0.3, 0.4) is 0 Å². The lowest BCUT2D eigenvalue weighted by molar-refractivity contribution is 0.404. The van der Waals surface area contributed by atoms with Crippen LogP contribution in [0.15, 0.2) is 70.2 Å². The van der Waals surface area contributed by atoms with E-state index in [0.717, 1.165) is 27.4 Å². The van der Waals surface area contributed by atoms with Crippen LogP contribution in [0.4, 0.5) is 5.69 Å². The maximum atomic E-state index is 6.15. The minimum Gasteiger partial charge on any atom is -0.351 e. The van der Waals surface area contributed by atoms with Gasteiger partial charge < -0.3 is 9.84 Å². The average Bonchev–Trinajstić information content (AvgIpc) is 3.48. The zero-order valence-corrected chi connectivity index (χ0v) is 20.7. The number of benzene rings is 2. The highest BCUT2D eigenvalue weighted by Gasteiger charge is 2.35. The Bertz CT molecular complexity index is 1360. The van der Waals surface area contributed by atoms with Crippen LogP contribution in [0.2, 0.25) is 5.02 Å². The first-order valence-electron chi connectivity index (χ1n) is 10.4. The molecule has 0 spiro atoms. The lowest BCUT2D eigenvalue weighted by Gasteiger charge is -2.37. The van der Waals surface area contributed by atoms with Gasteiger partial charge in [0.2, 0.25) is 5.82 Å². The zero-order chi connectivity index (χ0) is 23.1. The topological polar surface area (TPSA) is 54.2 Å². The zero-order valence-electron chi connectivity index (χ0n) is 18.3. The van der Waals surface area contributed by atoms with Gasteiger partial charge in [0.05, 0.1) is 16.5 Å². The van der Waals surface area contributed by atoms with E-state index in [1.54, 1.807) is 11.3 Å². The largest absolute Gasteiger partial charge is 0.351 e. The smallest absolute Gasteiger partial charge is 0.258 e. The summed E-state index contributed by atoms with van der Waals surface area (Å²) in [4.78, 5) is 7.73. The minimum absolute atomic E-state index is 0.255. The standard InChI is InChI=1S/C25H21ClN4OS2/c1-14-6-11-19(13-15(14)2)30-16(3)21(24-28-23(29-31-24)20-5-4-12-33-20)22(27-25(30)32)17-7-9-18(26)10-8-17/h4-13,22H,1-3H3,(H,27,32). The molecule has 3 heterocycles. The molecule has 1 N–H and O–H groups in total. The van der Waals surface area contributed by atoms with Crippen LogP contribution in [-0.2, 0) is 0 Å². The van der Waals surface area contributed by atoms with E-state index in [-0.39, 0.29) is 6.04 Å². The maximum absolute atomic E-state index is 6.15. The lowest BCUT2D eigenvalue weighted by Crippen LogP contribution is -2.46. The summed E-state index contributed by atoms with van der Waals surface area (Å²) in [7, 11) is 0. The van der Waals surface area contributed by atoms with E-state index in [0.29, 0.717) is 21.9 Å². The highest BCUT2D eigenvalue weighted by Crippen LogP contribution is 2.40. The quantitative estimate of drug-likeness (QED) is 0.311. The molecule has 1 aliphatic rings. The summed E-state index contributed by atoms with van der Waals surface area (Å²) in [6.07, 6.45) is 0. The first kappa shape index (κ1) is 21.8. The fraction of sp³-hybridized carbons (Fsp3) is 0.160. The van der Waals surface area contributed by atoms with Gasteiger partial charge in [0.15, 0.2) is 5.11 Å². The van der Waals surface area contributed by atoms with E-state index in [1.165, 1.54) is 11.1 Å². The third-order valence-corrected chi connectivity index (χ3v) is 7.25. The molecule has 0 saturated heterocycles. The molecule has 0 saturated carbocycles. The number of anilines is 1. The van der Waals surface area contributed by atoms with E-state index in [4.69, 9.17) is 33.3 Å². The monoisotopic (exact) mass is 492 g/mol. The molecule has 1 atom stereocenters. The second kappa shape index (κ2) is 8.74. The van der Waals surface area contributed by atoms with Crippen molar-refractivity contribution in [2.45, 2.75) is 26.8 Å². The second-order valence-electron chi connectivity index (χ2n) is 7.94. The summed E-state index contributed by atoms with van der Waals surface area (Å²) in [6.45, 7) is 6.23. The molecule has 33 heavy (non-hydrogen) atoms. The van der Waals surface area contributed by atoms with Crippen molar-refractivity contribution in [3.8, 4) is 10.7 Å². The summed E-state index contributed by atoms with van der Waals surface area (Å²) >= 11 is 13.5. The Morgan fingerprint density at radius 3 is 2.55 bits per heavy atom. The predicted octanol–water partition coefficient (Wildman–Crippen LogP) is 6.94. The predicted molar refractivity (Wildman–Crippen MR) is 139 cm³/mol. The van der Waals surface area contributed by atoms with Crippen molar-refractivity contribution in [1.82, 2.24) is 15.5 Å². The van der Waals surface area contributed by atoms with Gasteiger partial charge in [-0.05, 0) is 85.4 Å². The molecule has 166 valence electrons. The van der Waals surface area contributed by atoms with Crippen molar-refractivity contribution < 1.29 is 4.52 Å². The van der Waals surface area contributed by atoms with E-state index < -0.39 is 0 Å². The molecule has 1 aliphatic heterocycles. The fourth-order valence-electron chi connectivity index (χ4n) is 3.94. The SMILES string of the molecule is CC1=C(c2nc(-c3cccs3)no2)C(c2ccc(Cl)cc2)NC(=S)N1c1ccc(C)c(C)c1. The molecule has 1 unspecified atom stereocenters. The third-order valence-electron chi connectivity index (χ3n) is 5.83. The molecule has 4 aromatic rings. The van der Waals surface area contributed by atoms with Crippen molar-refractivity contribution in [2.24, 2.45) is 0 Å². The number of thiocarbonyl (C=S) groups is 1. The van der Waals surface area contributed by atoms with Crippen LogP contribution in [0.1, 0.15) is 35.5 Å². The molecule has 0 radical (unpaired) electrons. The molecule has 0 bridgehead atoms. The van der Waals surface area contributed by atoms with Gasteiger partial charge in [0.1, 0.15) is 0 Å². The summed E-state index contributed by atoms with van der Waals surface area (Å²) in [5.74, 6) is 1.03. The van der Waals surface area contributed by atoms with Crippen LogP contribution in [0, 0.1) is 13.8 Å². The molecule has 0 amide bonds.